The highest BCUT2D eigenvalue weighted by molar-refractivity contribution is 9.10. The van der Waals surface area contributed by atoms with Crippen molar-refractivity contribution in [3.8, 4) is 0 Å². The summed E-state index contributed by atoms with van der Waals surface area (Å²) < 4.78 is 5.62. The molecule has 2 aromatic heterocycles. The van der Waals surface area contributed by atoms with Crippen molar-refractivity contribution >= 4 is 44.7 Å². The van der Waals surface area contributed by atoms with Gasteiger partial charge in [-0.1, -0.05) is 0 Å². The van der Waals surface area contributed by atoms with Gasteiger partial charge in [-0.25, -0.2) is 4.98 Å². The number of hydrogen-bond donors (Lipinski definition) is 0. The van der Waals surface area contributed by atoms with Crippen LogP contribution in [0.1, 0.15) is 15.6 Å². The van der Waals surface area contributed by atoms with Gasteiger partial charge in [0.25, 0.3) is 5.78 Å². The standard InChI is InChI=1S/C8H3BrClNO2S/c9-5-3-14-8(11-5)7(12)4-1-2-6(10)13-4/h1-3H. The molecule has 0 bridgehead atoms. The highest BCUT2D eigenvalue weighted by Gasteiger charge is 2.16. The van der Waals surface area contributed by atoms with Gasteiger partial charge in [0.05, 0.1) is 0 Å². The summed E-state index contributed by atoms with van der Waals surface area (Å²) in [6.07, 6.45) is 0. The average Bonchev–Trinajstić information content (AvgIpc) is 2.73. The molecule has 0 fully saturated rings. The highest BCUT2D eigenvalue weighted by atomic mass is 79.9. The van der Waals surface area contributed by atoms with Gasteiger partial charge in [-0.05, 0) is 39.7 Å². The maximum atomic E-state index is 11.6. The number of halogens is 2. The summed E-state index contributed by atoms with van der Waals surface area (Å²) in [5.74, 6) is -0.0514. The van der Waals surface area contributed by atoms with Crippen LogP contribution < -0.4 is 0 Å². The summed E-state index contributed by atoms with van der Waals surface area (Å²) in [7, 11) is 0. The van der Waals surface area contributed by atoms with Gasteiger partial charge < -0.3 is 4.42 Å². The van der Waals surface area contributed by atoms with E-state index in [1.54, 1.807) is 5.38 Å². The molecule has 0 aromatic carbocycles. The van der Waals surface area contributed by atoms with Crippen LogP contribution in [0.5, 0.6) is 0 Å². The summed E-state index contributed by atoms with van der Waals surface area (Å²) >= 11 is 9.97. The molecule has 3 nitrogen and oxygen atoms in total. The van der Waals surface area contributed by atoms with E-state index < -0.39 is 0 Å². The fourth-order valence-electron chi connectivity index (χ4n) is 0.900. The van der Waals surface area contributed by atoms with Crippen molar-refractivity contribution in [3.63, 3.8) is 0 Å². The lowest BCUT2D eigenvalue weighted by atomic mass is 10.3. The summed E-state index contributed by atoms with van der Waals surface area (Å²) in [5, 5.41) is 2.31. The van der Waals surface area contributed by atoms with Gasteiger partial charge in [0.1, 0.15) is 4.60 Å². The van der Waals surface area contributed by atoms with Crippen molar-refractivity contribution in [3.05, 3.63) is 38.1 Å². The summed E-state index contributed by atoms with van der Waals surface area (Å²) in [5.41, 5.74) is 0. The van der Waals surface area contributed by atoms with E-state index in [0.717, 1.165) is 0 Å². The van der Waals surface area contributed by atoms with Crippen molar-refractivity contribution in [1.82, 2.24) is 4.98 Å². The Bertz CT molecular complexity index is 437. The predicted molar refractivity (Wildman–Crippen MR) is 57.0 cm³/mol. The predicted octanol–water partition coefficient (Wildman–Crippen LogP) is 3.38. The van der Waals surface area contributed by atoms with Crippen LogP contribution in [0.15, 0.2) is 26.5 Å². The molecule has 0 saturated carbocycles. The quantitative estimate of drug-likeness (QED) is 0.797. The Morgan fingerprint density at radius 2 is 2.36 bits per heavy atom. The Balaban J connectivity index is 2.33. The van der Waals surface area contributed by atoms with Gasteiger partial charge in [0, 0.05) is 5.38 Å². The Hall–Kier alpha value is -0.650. The van der Waals surface area contributed by atoms with Crippen LogP contribution in [0.4, 0.5) is 0 Å². The molecule has 0 aliphatic carbocycles. The minimum absolute atomic E-state index is 0.198. The zero-order valence-electron chi connectivity index (χ0n) is 6.66. The molecule has 14 heavy (non-hydrogen) atoms. The summed E-state index contributed by atoms with van der Waals surface area (Å²) in [4.78, 5) is 15.6. The fraction of sp³-hybridized carbons (Fsp3) is 0. The van der Waals surface area contributed by atoms with Crippen LogP contribution in [0.25, 0.3) is 0 Å². The lowest BCUT2D eigenvalue weighted by Crippen LogP contribution is -1.97. The van der Waals surface area contributed by atoms with Gasteiger partial charge in [0.15, 0.2) is 16.0 Å². The van der Waals surface area contributed by atoms with E-state index >= 15 is 0 Å². The van der Waals surface area contributed by atoms with Crippen molar-refractivity contribution < 1.29 is 9.21 Å². The molecule has 0 atom stereocenters. The van der Waals surface area contributed by atoms with Crippen LogP contribution in [0.3, 0.4) is 0 Å². The zero-order chi connectivity index (χ0) is 10.1. The van der Waals surface area contributed by atoms with E-state index in [9.17, 15) is 4.79 Å². The molecule has 2 aromatic rings. The lowest BCUT2D eigenvalue weighted by molar-refractivity contribution is 0.101. The Morgan fingerprint density at radius 3 is 2.86 bits per heavy atom. The van der Waals surface area contributed by atoms with E-state index in [1.807, 2.05) is 0 Å². The monoisotopic (exact) mass is 291 g/mol. The molecule has 6 heteroatoms. The first-order chi connectivity index (χ1) is 6.66. The van der Waals surface area contributed by atoms with E-state index in [1.165, 1.54) is 23.5 Å². The van der Waals surface area contributed by atoms with Gasteiger partial charge >= 0.3 is 0 Å². The molecule has 2 rings (SSSR count). The number of nitrogens with zero attached hydrogens (tertiary/aromatic N) is 1. The van der Waals surface area contributed by atoms with Crippen LogP contribution in [-0.2, 0) is 0 Å². The zero-order valence-corrected chi connectivity index (χ0v) is 9.82. The molecule has 0 aliphatic rings. The first-order valence-corrected chi connectivity index (χ1v) is 5.63. The molecule has 0 saturated heterocycles. The Morgan fingerprint density at radius 1 is 1.57 bits per heavy atom. The van der Waals surface area contributed by atoms with Crippen LogP contribution in [0.2, 0.25) is 5.22 Å². The molecule has 72 valence electrons. The number of hydrogen-bond acceptors (Lipinski definition) is 4. The average molecular weight is 293 g/mol. The third kappa shape index (κ3) is 1.89. The second-order valence-corrected chi connectivity index (χ2v) is 4.45. The molecular formula is C8H3BrClNO2S. The number of thiazole rings is 1. The SMILES string of the molecule is O=C(c1ccc(Cl)o1)c1nc(Br)cs1. The van der Waals surface area contributed by atoms with Crippen molar-refractivity contribution in [2.24, 2.45) is 0 Å². The molecule has 2 heterocycles. The lowest BCUT2D eigenvalue weighted by Gasteiger charge is -1.89. The molecule has 0 amide bonds. The molecule has 0 radical (unpaired) electrons. The minimum Gasteiger partial charge on any atom is -0.441 e. The number of carbonyl (C=O) groups is 1. The van der Waals surface area contributed by atoms with Crippen molar-refractivity contribution in [1.29, 1.82) is 0 Å². The smallest absolute Gasteiger partial charge is 0.256 e. The maximum absolute atomic E-state index is 11.6. The number of ketones is 1. The van der Waals surface area contributed by atoms with Gasteiger partial charge in [-0.2, -0.15) is 0 Å². The number of furan rings is 1. The Kier molecular flexibility index (Phi) is 2.71. The fourth-order valence-corrected chi connectivity index (χ4v) is 2.24. The molecule has 0 spiro atoms. The first-order valence-electron chi connectivity index (χ1n) is 3.58. The number of rotatable bonds is 2. The van der Waals surface area contributed by atoms with Crippen molar-refractivity contribution in [2.45, 2.75) is 0 Å². The van der Waals surface area contributed by atoms with Crippen LogP contribution in [0, 0.1) is 0 Å². The normalized spacial score (nSPS) is 10.4. The van der Waals surface area contributed by atoms with Crippen molar-refractivity contribution in [2.75, 3.05) is 0 Å². The van der Waals surface area contributed by atoms with Gasteiger partial charge in [0.2, 0.25) is 0 Å². The molecular weight excluding hydrogens is 290 g/mol. The third-order valence-corrected chi connectivity index (χ3v) is 3.22. The third-order valence-electron chi connectivity index (χ3n) is 1.47. The molecule has 0 aliphatic heterocycles. The van der Waals surface area contributed by atoms with Gasteiger partial charge in [-0.15, -0.1) is 11.3 Å². The Labute approximate surface area is 96.8 Å². The van der Waals surface area contributed by atoms with E-state index in [0.29, 0.717) is 9.61 Å². The second-order valence-electron chi connectivity index (χ2n) is 2.41. The summed E-state index contributed by atoms with van der Waals surface area (Å²) in [6, 6.07) is 3.05. The highest BCUT2D eigenvalue weighted by Crippen LogP contribution is 2.21. The summed E-state index contributed by atoms with van der Waals surface area (Å²) in [6.45, 7) is 0. The van der Waals surface area contributed by atoms with Gasteiger partial charge in [-0.3, -0.25) is 4.79 Å². The molecule has 0 unspecified atom stereocenters. The van der Waals surface area contributed by atoms with E-state index in [4.69, 9.17) is 16.0 Å². The molecule has 0 N–H and O–H groups in total. The second kappa shape index (κ2) is 3.84. The van der Waals surface area contributed by atoms with E-state index in [-0.39, 0.29) is 16.8 Å². The topological polar surface area (TPSA) is 43.1 Å². The minimum atomic E-state index is -0.257. The first kappa shape index (κ1) is 9.89. The van der Waals surface area contributed by atoms with E-state index in [2.05, 4.69) is 20.9 Å². The number of carbonyl (C=O) groups excluding carboxylic acids is 1. The van der Waals surface area contributed by atoms with Crippen LogP contribution in [-0.4, -0.2) is 10.8 Å². The largest absolute Gasteiger partial charge is 0.441 e. The van der Waals surface area contributed by atoms with Crippen LogP contribution >= 0.6 is 38.9 Å². The number of aromatic nitrogens is 1. The maximum Gasteiger partial charge on any atom is 0.256 e.